The highest BCUT2D eigenvalue weighted by atomic mass is 16.5. The largest absolute Gasteiger partial charge is 0.497 e. The van der Waals surface area contributed by atoms with E-state index in [1.165, 1.54) is 0 Å². The summed E-state index contributed by atoms with van der Waals surface area (Å²) in [5.74, 6) is 1.02. The van der Waals surface area contributed by atoms with Crippen molar-refractivity contribution in [2.75, 3.05) is 7.11 Å². The van der Waals surface area contributed by atoms with E-state index in [2.05, 4.69) is 0 Å². The number of aromatic nitrogens is 1. The van der Waals surface area contributed by atoms with Crippen LogP contribution in [0.5, 0.6) is 5.75 Å². The fourth-order valence-electron chi connectivity index (χ4n) is 5.11. The predicted octanol–water partition coefficient (Wildman–Crippen LogP) is 7.07. The van der Waals surface area contributed by atoms with Gasteiger partial charge in [-0.2, -0.15) is 0 Å². The average molecular weight is 528 g/mol. The molecule has 2 atom stereocenters. The van der Waals surface area contributed by atoms with E-state index < -0.39 is 5.97 Å². The van der Waals surface area contributed by atoms with Crippen LogP contribution in [-0.4, -0.2) is 35.4 Å². The van der Waals surface area contributed by atoms with Crippen LogP contribution in [0.25, 0.3) is 22.8 Å². The molecule has 0 amide bonds. The fourth-order valence-corrected chi connectivity index (χ4v) is 5.11. The van der Waals surface area contributed by atoms with Gasteiger partial charge >= 0.3 is 5.97 Å². The first-order chi connectivity index (χ1) is 19.0. The van der Waals surface area contributed by atoms with Crippen molar-refractivity contribution in [3.63, 3.8) is 0 Å². The van der Waals surface area contributed by atoms with Gasteiger partial charge in [0.15, 0.2) is 5.76 Å². The summed E-state index contributed by atoms with van der Waals surface area (Å²) in [6.07, 6.45) is 3.60. The van der Waals surface area contributed by atoms with Crippen LogP contribution in [0.2, 0.25) is 0 Å². The second-order valence-corrected chi connectivity index (χ2v) is 9.84. The fraction of sp³-hybridized carbons (Fsp3) is 0.312. The van der Waals surface area contributed by atoms with Crippen LogP contribution in [0, 0.1) is 6.92 Å². The molecule has 7 nitrogen and oxygen atoms in total. The van der Waals surface area contributed by atoms with E-state index in [0.29, 0.717) is 29.4 Å². The first kappa shape index (κ1) is 26.7. The number of aromatic carboxylic acids is 1. The number of carbonyl (C=O) groups is 1. The molecule has 1 aliphatic carbocycles. The summed E-state index contributed by atoms with van der Waals surface area (Å²) in [5.41, 5.74) is 4.28. The molecule has 0 bridgehead atoms. The van der Waals surface area contributed by atoms with E-state index in [1.807, 2.05) is 79.7 Å². The Kier molecular flexibility index (Phi) is 8.39. The summed E-state index contributed by atoms with van der Waals surface area (Å²) in [7, 11) is 1.64. The summed E-state index contributed by atoms with van der Waals surface area (Å²) in [6.45, 7) is 2.40. The van der Waals surface area contributed by atoms with Gasteiger partial charge in [-0.15, -0.1) is 0 Å². The van der Waals surface area contributed by atoms with Gasteiger partial charge in [0.05, 0.1) is 38.1 Å². The molecule has 3 aromatic carbocycles. The molecule has 2 unspecified atom stereocenters. The molecule has 39 heavy (non-hydrogen) atoms. The standard InChI is InChI=1S/C32H33NO6/c1-21-9-6-13-24(29(21)32(34)35)19-37-26-15-8-16-27(18-26)38-20-28-30(22-10-4-3-5-11-22)39-31(33-28)23-12-7-14-25(17-23)36-2/h3-7,9-14,17,26-27H,8,15-16,18-20H2,1-2H3,(H,34,35). The average Bonchev–Trinajstić information content (AvgIpc) is 3.40. The highest BCUT2D eigenvalue weighted by Crippen LogP contribution is 2.33. The van der Waals surface area contributed by atoms with Gasteiger partial charge in [-0.05, 0) is 61.9 Å². The summed E-state index contributed by atoms with van der Waals surface area (Å²) in [5, 5.41) is 9.61. The molecule has 7 heteroatoms. The summed E-state index contributed by atoms with van der Waals surface area (Å²) >= 11 is 0. The van der Waals surface area contributed by atoms with Crippen molar-refractivity contribution in [3.05, 3.63) is 95.2 Å². The second-order valence-electron chi connectivity index (χ2n) is 9.84. The lowest BCUT2D eigenvalue weighted by atomic mass is 9.94. The molecule has 1 aliphatic rings. The molecular weight excluding hydrogens is 494 g/mol. The number of oxazole rings is 1. The number of aryl methyl sites for hydroxylation is 1. The number of ether oxygens (including phenoxy) is 3. The Morgan fingerprint density at radius 2 is 1.67 bits per heavy atom. The van der Waals surface area contributed by atoms with Crippen molar-refractivity contribution < 1.29 is 28.5 Å². The quantitative estimate of drug-likeness (QED) is 0.236. The number of hydrogen-bond donors (Lipinski definition) is 1. The van der Waals surface area contributed by atoms with Crippen LogP contribution >= 0.6 is 0 Å². The molecular formula is C32H33NO6. The maximum Gasteiger partial charge on any atom is 0.336 e. The number of methoxy groups -OCH3 is 1. The maximum atomic E-state index is 11.7. The van der Waals surface area contributed by atoms with E-state index in [1.54, 1.807) is 7.11 Å². The molecule has 1 fully saturated rings. The molecule has 1 N–H and O–H groups in total. The van der Waals surface area contributed by atoms with Crippen LogP contribution in [-0.2, 0) is 22.7 Å². The minimum absolute atomic E-state index is 0.00385. The Morgan fingerprint density at radius 3 is 2.41 bits per heavy atom. The van der Waals surface area contributed by atoms with E-state index in [-0.39, 0.29) is 18.8 Å². The monoisotopic (exact) mass is 527 g/mol. The molecule has 0 radical (unpaired) electrons. The van der Waals surface area contributed by atoms with Crippen LogP contribution in [0.3, 0.4) is 0 Å². The van der Waals surface area contributed by atoms with E-state index in [0.717, 1.165) is 53.8 Å². The molecule has 1 saturated carbocycles. The Balaban J connectivity index is 1.27. The number of nitrogens with zero attached hydrogens (tertiary/aromatic N) is 1. The zero-order chi connectivity index (χ0) is 27.2. The third kappa shape index (κ3) is 6.38. The first-order valence-electron chi connectivity index (χ1n) is 13.3. The van der Waals surface area contributed by atoms with Gasteiger partial charge in [-0.1, -0.05) is 54.6 Å². The smallest absolute Gasteiger partial charge is 0.336 e. The van der Waals surface area contributed by atoms with Crippen LogP contribution in [0.1, 0.15) is 52.9 Å². The maximum absolute atomic E-state index is 11.7. The highest BCUT2D eigenvalue weighted by molar-refractivity contribution is 5.91. The van der Waals surface area contributed by atoms with Gasteiger partial charge in [0.1, 0.15) is 11.4 Å². The van der Waals surface area contributed by atoms with Gasteiger partial charge in [0, 0.05) is 11.1 Å². The summed E-state index contributed by atoms with van der Waals surface area (Å²) in [6, 6.07) is 23.1. The van der Waals surface area contributed by atoms with Crippen molar-refractivity contribution in [1.29, 1.82) is 0 Å². The molecule has 0 aliphatic heterocycles. The Bertz CT molecular complexity index is 1410. The van der Waals surface area contributed by atoms with Crippen molar-refractivity contribution in [2.24, 2.45) is 0 Å². The van der Waals surface area contributed by atoms with Crippen molar-refractivity contribution in [3.8, 4) is 28.5 Å². The zero-order valence-electron chi connectivity index (χ0n) is 22.3. The first-order valence-corrected chi connectivity index (χ1v) is 13.3. The predicted molar refractivity (Wildman–Crippen MR) is 148 cm³/mol. The molecule has 1 heterocycles. The van der Waals surface area contributed by atoms with Crippen molar-refractivity contribution >= 4 is 5.97 Å². The van der Waals surface area contributed by atoms with Gasteiger partial charge < -0.3 is 23.7 Å². The third-order valence-electron chi connectivity index (χ3n) is 7.13. The van der Waals surface area contributed by atoms with E-state index in [4.69, 9.17) is 23.6 Å². The number of benzene rings is 3. The highest BCUT2D eigenvalue weighted by Gasteiger charge is 2.25. The lowest BCUT2D eigenvalue weighted by Gasteiger charge is -2.29. The van der Waals surface area contributed by atoms with Crippen LogP contribution < -0.4 is 4.74 Å². The molecule has 0 saturated heterocycles. The summed E-state index contributed by atoms with van der Waals surface area (Å²) in [4.78, 5) is 16.5. The summed E-state index contributed by atoms with van der Waals surface area (Å²) < 4.78 is 24.2. The van der Waals surface area contributed by atoms with Crippen LogP contribution in [0.4, 0.5) is 0 Å². The minimum atomic E-state index is -0.924. The SMILES string of the molecule is COc1cccc(-c2nc(COC3CCCC(OCc4cccc(C)c4C(=O)O)C3)c(-c3ccccc3)o2)c1. The minimum Gasteiger partial charge on any atom is -0.497 e. The number of carboxylic acid groups (broad SMARTS) is 1. The van der Waals surface area contributed by atoms with E-state index in [9.17, 15) is 9.90 Å². The topological polar surface area (TPSA) is 91.0 Å². The van der Waals surface area contributed by atoms with Gasteiger partial charge in [0.2, 0.25) is 5.89 Å². The molecule has 4 aromatic rings. The Hall–Kier alpha value is -3.94. The van der Waals surface area contributed by atoms with Gasteiger partial charge in [-0.3, -0.25) is 0 Å². The van der Waals surface area contributed by atoms with E-state index >= 15 is 0 Å². The number of rotatable bonds is 10. The second kappa shape index (κ2) is 12.3. The van der Waals surface area contributed by atoms with Gasteiger partial charge in [0.25, 0.3) is 0 Å². The molecule has 0 spiro atoms. The number of hydrogen-bond acceptors (Lipinski definition) is 6. The Morgan fingerprint density at radius 1 is 0.949 bits per heavy atom. The normalized spacial score (nSPS) is 17.2. The lowest BCUT2D eigenvalue weighted by Crippen LogP contribution is -2.28. The Labute approximate surface area is 228 Å². The zero-order valence-corrected chi connectivity index (χ0v) is 22.3. The molecule has 5 rings (SSSR count). The number of carboxylic acids is 1. The molecule has 1 aromatic heterocycles. The van der Waals surface area contributed by atoms with Crippen molar-refractivity contribution in [2.45, 2.75) is 58.0 Å². The third-order valence-corrected chi connectivity index (χ3v) is 7.13. The van der Waals surface area contributed by atoms with Crippen molar-refractivity contribution in [1.82, 2.24) is 4.98 Å². The van der Waals surface area contributed by atoms with Gasteiger partial charge in [-0.25, -0.2) is 9.78 Å². The molecule has 202 valence electrons. The van der Waals surface area contributed by atoms with Crippen LogP contribution in [0.15, 0.2) is 77.2 Å². The lowest BCUT2D eigenvalue weighted by molar-refractivity contribution is -0.0562.